The second-order valence-corrected chi connectivity index (χ2v) is 10.4. The first-order chi connectivity index (χ1) is 12.6. The number of aromatic nitrogens is 1. The minimum Gasteiger partial charge on any atom is -0.465 e. The summed E-state index contributed by atoms with van der Waals surface area (Å²) in [4.78, 5) is 31.3. The molecule has 146 valence electrons. The minimum absolute atomic E-state index is 0.214. The lowest BCUT2D eigenvalue weighted by Crippen LogP contribution is -2.26. The van der Waals surface area contributed by atoms with Gasteiger partial charge in [0.05, 0.1) is 23.4 Å². The third-order valence-electron chi connectivity index (χ3n) is 5.22. The number of carbonyl (C=O) groups excluding carboxylic acids is 2. The number of aryl methyl sites for hydroxylation is 2. The van der Waals surface area contributed by atoms with E-state index in [1.807, 2.05) is 13.8 Å². The summed E-state index contributed by atoms with van der Waals surface area (Å²) in [6.07, 6.45) is 2.81. The Balaban J connectivity index is 1.96. The average Bonchev–Trinajstić information content (AvgIpc) is 3.11. The van der Waals surface area contributed by atoms with Crippen LogP contribution in [0.15, 0.2) is 0 Å². The van der Waals surface area contributed by atoms with Gasteiger partial charge in [-0.2, -0.15) is 0 Å². The normalized spacial score (nSPS) is 16.7. The molecule has 5 nitrogen and oxygen atoms in total. The zero-order valence-corrected chi connectivity index (χ0v) is 18.3. The van der Waals surface area contributed by atoms with Crippen molar-refractivity contribution in [2.45, 2.75) is 53.9 Å². The molecular formula is C20H26N2O3S2. The lowest BCUT2D eigenvalue weighted by atomic mass is 9.72. The van der Waals surface area contributed by atoms with Gasteiger partial charge in [-0.05, 0) is 50.0 Å². The van der Waals surface area contributed by atoms with E-state index in [2.05, 4.69) is 31.1 Å². The number of thiophene rings is 1. The van der Waals surface area contributed by atoms with Crippen molar-refractivity contribution in [2.75, 3.05) is 12.4 Å². The van der Waals surface area contributed by atoms with Crippen LogP contribution >= 0.6 is 22.7 Å². The van der Waals surface area contributed by atoms with E-state index in [4.69, 9.17) is 4.74 Å². The molecule has 0 bridgehead atoms. The summed E-state index contributed by atoms with van der Waals surface area (Å²) >= 11 is 2.88. The standard InChI is InChI=1S/C20H26N2O3S2/c1-10-16(26-11(2)21-10)17(23)22-18-15(19(24)25-6)13-8-7-12(20(3,4)5)9-14(13)27-18/h12H,7-9H2,1-6H3,(H,22,23)/t12-/m1/s1. The van der Waals surface area contributed by atoms with Crippen molar-refractivity contribution in [3.63, 3.8) is 0 Å². The van der Waals surface area contributed by atoms with Crippen molar-refractivity contribution in [3.8, 4) is 0 Å². The highest BCUT2D eigenvalue weighted by Gasteiger charge is 2.34. The molecule has 2 aromatic rings. The number of ether oxygens (including phenoxy) is 1. The van der Waals surface area contributed by atoms with Gasteiger partial charge in [-0.15, -0.1) is 22.7 Å². The van der Waals surface area contributed by atoms with Crippen LogP contribution in [-0.2, 0) is 17.6 Å². The van der Waals surface area contributed by atoms with Gasteiger partial charge < -0.3 is 10.1 Å². The molecule has 1 aliphatic rings. The van der Waals surface area contributed by atoms with Gasteiger partial charge in [-0.25, -0.2) is 9.78 Å². The zero-order chi connectivity index (χ0) is 19.9. The molecular weight excluding hydrogens is 380 g/mol. The number of esters is 1. The second kappa shape index (κ2) is 7.36. The van der Waals surface area contributed by atoms with Crippen LogP contribution in [0.25, 0.3) is 0 Å². The first-order valence-electron chi connectivity index (χ1n) is 9.10. The molecule has 0 fully saturated rings. The lowest BCUT2D eigenvalue weighted by Gasteiger charge is -2.33. The first-order valence-corrected chi connectivity index (χ1v) is 10.7. The highest BCUT2D eigenvalue weighted by Crippen LogP contribution is 2.44. The number of amides is 1. The number of rotatable bonds is 3. The Kier molecular flexibility index (Phi) is 5.45. The Bertz CT molecular complexity index is 890. The number of hydrogen-bond donors (Lipinski definition) is 1. The monoisotopic (exact) mass is 406 g/mol. The fourth-order valence-corrected chi connectivity index (χ4v) is 5.76. The summed E-state index contributed by atoms with van der Waals surface area (Å²) < 4.78 is 5.02. The first kappa shape index (κ1) is 20.0. The molecule has 0 radical (unpaired) electrons. The van der Waals surface area contributed by atoms with Gasteiger partial charge in [0.1, 0.15) is 9.88 Å². The molecule has 0 saturated heterocycles. The summed E-state index contributed by atoms with van der Waals surface area (Å²) in [5, 5.41) is 4.40. The molecule has 1 N–H and O–H groups in total. The SMILES string of the molecule is COC(=O)c1c(NC(=O)c2sc(C)nc2C)sc2c1CC[C@@H](C(C)(C)C)C2. The van der Waals surface area contributed by atoms with Crippen LogP contribution in [0.2, 0.25) is 0 Å². The Morgan fingerprint density at radius 2 is 1.93 bits per heavy atom. The molecule has 0 saturated carbocycles. The molecule has 3 rings (SSSR count). The Hall–Kier alpha value is -1.73. The molecule has 1 amide bonds. The highest BCUT2D eigenvalue weighted by atomic mass is 32.1. The number of carbonyl (C=O) groups is 2. The van der Waals surface area contributed by atoms with E-state index in [1.54, 1.807) is 0 Å². The summed E-state index contributed by atoms with van der Waals surface area (Å²) in [7, 11) is 1.38. The molecule has 1 atom stereocenters. The van der Waals surface area contributed by atoms with E-state index >= 15 is 0 Å². The maximum atomic E-state index is 12.8. The summed E-state index contributed by atoms with van der Waals surface area (Å²) in [5.41, 5.74) is 2.49. The van der Waals surface area contributed by atoms with Crippen LogP contribution in [-0.4, -0.2) is 24.0 Å². The highest BCUT2D eigenvalue weighted by molar-refractivity contribution is 7.17. The number of thiazole rings is 1. The van der Waals surface area contributed by atoms with Crippen LogP contribution in [0, 0.1) is 25.2 Å². The summed E-state index contributed by atoms with van der Waals surface area (Å²) in [6, 6.07) is 0. The van der Waals surface area contributed by atoms with E-state index in [-0.39, 0.29) is 17.3 Å². The lowest BCUT2D eigenvalue weighted by molar-refractivity contribution is 0.0600. The van der Waals surface area contributed by atoms with Crippen LogP contribution in [0.4, 0.5) is 5.00 Å². The molecule has 2 heterocycles. The molecule has 27 heavy (non-hydrogen) atoms. The number of nitrogens with one attached hydrogen (secondary N) is 1. The maximum absolute atomic E-state index is 12.8. The number of fused-ring (bicyclic) bond motifs is 1. The van der Waals surface area contributed by atoms with Gasteiger partial charge in [0.15, 0.2) is 0 Å². The second-order valence-electron chi connectivity index (χ2n) is 8.11. The minimum atomic E-state index is -0.380. The number of anilines is 1. The molecule has 7 heteroatoms. The molecule has 0 aliphatic heterocycles. The van der Waals surface area contributed by atoms with Gasteiger partial charge in [0.2, 0.25) is 0 Å². The summed E-state index contributed by atoms with van der Waals surface area (Å²) in [6.45, 7) is 10.5. The van der Waals surface area contributed by atoms with Crippen LogP contribution < -0.4 is 5.32 Å². The van der Waals surface area contributed by atoms with Gasteiger partial charge in [-0.1, -0.05) is 20.8 Å². The smallest absolute Gasteiger partial charge is 0.341 e. The average molecular weight is 407 g/mol. The third kappa shape index (κ3) is 3.94. The molecule has 2 aromatic heterocycles. The van der Waals surface area contributed by atoms with Crippen LogP contribution in [0.1, 0.15) is 68.4 Å². The number of nitrogens with zero attached hydrogens (tertiary/aromatic N) is 1. The van der Waals surface area contributed by atoms with Crippen molar-refractivity contribution in [2.24, 2.45) is 11.3 Å². The Morgan fingerprint density at radius 1 is 1.22 bits per heavy atom. The topological polar surface area (TPSA) is 68.3 Å². The van der Waals surface area contributed by atoms with E-state index in [9.17, 15) is 9.59 Å². The van der Waals surface area contributed by atoms with E-state index < -0.39 is 0 Å². The van der Waals surface area contributed by atoms with Gasteiger partial charge in [-0.3, -0.25) is 4.79 Å². The predicted octanol–water partition coefficient (Wildman–Crippen LogP) is 5.01. The number of hydrogen-bond acceptors (Lipinski definition) is 6. The number of methoxy groups -OCH3 is 1. The quantitative estimate of drug-likeness (QED) is 0.728. The van der Waals surface area contributed by atoms with E-state index in [0.29, 0.717) is 27.1 Å². The molecule has 0 aromatic carbocycles. The van der Waals surface area contributed by atoms with Crippen molar-refractivity contribution >= 4 is 39.6 Å². The fraction of sp³-hybridized carbons (Fsp3) is 0.550. The van der Waals surface area contributed by atoms with Gasteiger partial charge in [0, 0.05) is 4.88 Å². The van der Waals surface area contributed by atoms with Crippen molar-refractivity contribution < 1.29 is 14.3 Å². The molecule has 1 aliphatic carbocycles. The van der Waals surface area contributed by atoms with Crippen molar-refractivity contribution in [1.29, 1.82) is 0 Å². The van der Waals surface area contributed by atoms with E-state index in [1.165, 1.54) is 34.7 Å². The zero-order valence-electron chi connectivity index (χ0n) is 16.7. The predicted molar refractivity (Wildman–Crippen MR) is 110 cm³/mol. The molecule has 0 spiro atoms. The largest absolute Gasteiger partial charge is 0.465 e. The van der Waals surface area contributed by atoms with E-state index in [0.717, 1.165) is 29.8 Å². The van der Waals surface area contributed by atoms with Crippen molar-refractivity contribution in [3.05, 3.63) is 31.6 Å². The fourth-order valence-electron chi connectivity index (χ4n) is 3.63. The van der Waals surface area contributed by atoms with Gasteiger partial charge in [0.25, 0.3) is 5.91 Å². The van der Waals surface area contributed by atoms with Crippen LogP contribution in [0.5, 0.6) is 0 Å². The summed E-state index contributed by atoms with van der Waals surface area (Å²) in [5.74, 6) is -0.0347. The maximum Gasteiger partial charge on any atom is 0.341 e. The van der Waals surface area contributed by atoms with Crippen LogP contribution in [0.3, 0.4) is 0 Å². The van der Waals surface area contributed by atoms with Gasteiger partial charge >= 0.3 is 5.97 Å². The molecule has 0 unspecified atom stereocenters. The Labute approximate surface area is 168 Å². The van der Waals surface area contributed by atoms with Crippen molar-refractivity contribution in [1.82, 2.24) is 4.98 Å². The Morgan fingerprint density at radius 3 is 2.48 bits per heavy atom. The third-order valence-corrected chi connectivity index (χ3v) is 7.46.